The van der Waals surface area contributed by atoms with E-state index in [2.05, 4.69) is 5.32 Å². The Hall–Kier alpha value is -0.840. The standard InChI is InChI=1S/C11H10Cl2N2OS/c1-6-4-10(16)14-11(17)15(6)7-2-3-8(12)9(13)5-7/h2-3,5-6H,4H2,1H3,(H,14,16,17)/t6-/m0/s1. The SMILES string of the molecule is C[C@H]1CC(=O)NC(=S)N1c1ccc(Cl)c(Cl)c1. The zero-order valence-corrected chi connectivity index (χ0v) is 11.4. The van der Waals surface area contributed by atoms with Crippen LogP contribution in [0, 0.1) is 0 Å². The van der Waals surface area contributed by atoms with Crippen LogP contribution in [0.1, 0.15) is 13.3 Å². The lowest BCUT2D eigenvalue weighted by Crippen LogP contribution is -2.54. The molecule has 90 valence electrons. The largest absolute Gasteiger partial charge is 0.315 e. The second-order valence-electron chi connectivity index (χ2n) is 3.87. The molecule has 3 nitrogen and oxygen atoms in total. The molecule has 2 rings (SSSR count). The van der Waals surface area contributed by atoms with Crippen molar-refractivity contribution in [1.82, 2.24) is 5.32 Å². The summed E-state index contributed by atoms with van der Waals surface area (Å²) < 4.78 is 0. The number of benzene rings is 1. The van der Waals surface area contributed by atoms with Crippen LogP contribution in [0.15, 0.2) is 18.2 Å². The molecule has 1 aliphatic heterocycles. The molecule has 0 aliphatic carbocycles. The third-order valence-corrected chi connectivity index (χ3v) is 3.61. The second-order valence-corrected chi connectivity index (χ2v) is 5.08. The average molecular weight is 289 g/mol. The highest BCUT2D eigenvalue weighted by atomic mass is 35.5. The van der Waals surface area contributed by atoms with Gasteiger partial charge in [0, 0.05) is 18.2 Å². The zero-order chi connectivity index (χ0) is 12.6. The van der Waals surface area contributed by atoms with Gasteiger partial charge in [-0.1, -0.05) is 23.2 Å². The van der Waals surface area contributed by atoms with Crippen molar-refractivity contribution in [2.45, 2.75) is 19.4 Å². The van der Waals surface area contributed by atoms with E-state index >= 15 is 0 Å². The van der Waals surface area contributed by atoms with Gasteiger partial charge in [-0.25, -0.2) is 0 Å². The lowest BCUT2D eigenvalue weighted by Gasteiger charge is -2.35. The monoisotopic (exact) mass is 288 g/mol. The molecule has 1 aliphatic rings. The van der Waals surface area contributed by atoms with Crippen LogP contribution in [-0.2, 0) is 4.79 Å². The van der Waals surface area contributed by atoms with Crippen molar-refractivity contribution < 1.29 is 4.79 Å². The molecule has 6 heteroatoms. The van der Waals surface area contributed by atoms with E-state index in [0.29, 0.717) is 21.6 Å². The molecule has 1 heterocycles. The highest BCUT2D eigenvalue weighted by Gasteiger charge is 2.28. The summed E-state index contributed by atoms with van der Waals surface area (Å²) in [5, 5.41) is 3.99. The molecule has 17 heavy (non-hydrogen) atoms. The molecule has 0 bridgehead atoms. The molecule has 0 spiro atoms. The Kier molecular flexibility index (Phi) is 3.56. The molecule has 1 aromatic carbocycles. The van der Waals surface area contributed by atoms with Crippen molar-refractivity contribution in [3.63, 3.8) is 0 Å². The Morgan fingerprint density at radius 2 is 2.12 bits per heavy atom. The molecule has 0 unspecified atom stereocenters. The van der Waals surface area contributed by atoms with Gasteiger partial charge in [-0.15, -0.1) is 0 Å². The average Bonchev–Trinajstić information content (AvgIpc) is 2.21. The molecule has 1 aromatic rings. The van der Waals surface area contributed by atoms with E-state index in [1.807, 2.05) is 17.9 Å². The maximum atomic E-state index is 11.3. The molecular formula is C11H10Cl2N2OS. The Bertz CT molecular complexity index is 492. The van der Waals surface area contributed by atoms with Crippen LogP contribution in [0.3, 0.4) is 0 Å². The fourth-order valence-corrected chi connectivity index (χ4v) is 2.49. The van der Waals surface area contributed by atoms with Gasteiger partial charge < -0.3 is 10.2 Å². The first-order valence-electron chi connectivity index (χ1n) is 5.07. The molecule has 1 atom stereocenters. The third kappa shape index (κ3) is 2.54. The molecule has 0 radical (unpaired) electrons. The summed E-state index contributed by atoms with van der Waals surface area (Å²) in [4.78, 5) is 13.2. The Balaban J connectivity index is 2.35. The van der Waals surface area contributed by atoms with Gasteiger partial charge in [-0.2, -0.15) is 0 Å². The predicted molar refractivity (Wildman–Crippen MR) is 73.8 cm³/mol. The van der Waals surface area contributed by atoms with Crippen LogP contribution in [0.5, 0.6) is 0 Å². The Morgan fingerprint density at radius 1 is 1.41 bits per heavy atom. The minimum atomic E-state index is -0.0567. The van der Waals surface area contributed by atoms with Crippen LogP contribution >= 0.6 is 35.4 Å². The molecule has 1 amide bonds. The first-order valence-corrected chi connectivity index (χ1v) is 6.23. The van der Waals surface area contributed by atoms with E-state index in [1.54, 1.807) is 12.1 Å². The van der Waals surface area contributed by atoms with Gasteiger partial charge in [0.05, 0.1) is 10.0 Å². The van der Waals surface area contributed by atoms with Crippen molar-refractivity contribution in [2.24, 2.45) is 0 Å². The van der Waals surface area contributed by atoms with Gasteiger partial charge in [-0.05, 0) is 37.3 Å². The first-order chi connectivity index (χ1) is 7.99. The molecule has 0 saturated carbocycles. The van der Waals surface area contributed by atoms with Crippen LogP contribution in [0.2, 0.25) is 10.0 Å². The lowest BCUT2D eigenvalue weighted by atomic mass is 10.1. The maximum absolute atomic E-state index is 11.3. The highest BCUT2D eigenvalue weighted by Crippen LogP contribution is 2.29. The highest BCUT2D eigenvalue weighted by molar-refractivity contribution is 7.80. The predicted octanol–water partition coefficient (Wildman–Crippen LogP) is 2.99. The van der Waals surface area contributed by atoms with Crippen molar-refractivity contribution in [2.75, 3.05) is 4.90 Å². The molecule has 1 N–H and O–H groups in total. The van der Waals surface area contributed by atoms with Gasteiger partial charge in [0.1, 0.15) is 0 Å². The number of nitrogens with zero attached hydrogens (tertiary/aromatic N) is 1. The quantitative estimate of drug-likeness (QED) is 0.807. The number of halogens is 2. The Labute approximate surface area is 115 Å². The summed E-state index contributed by atoms with van der Waals surface area (Å²) in [6, 6.07) is 5.29. The summed E-state index contributed by atoms with van der Waals surface area (Å²) in [7, 11) is 0. The lowest BCUT2D eigenvalue weighted by molar-refractivity contribution is -0.120. The number of hydrogen-bond donors (Lipinski definition) is 1. The fraction of sp³-hybridized carbons (Fsp3) is 0.273. The number of amides is 1. The van der Waals surface area contributed by atoms with E-state index in [0.717, 1.165) is 5.69 Å². The number of anilines is 1. The minimum absolute atomic E-state index is 0.00786. The molecule has 0 aromatic heterocycles. The van der Waals surface area contributed by atoms with E-state index in [1.165, 1.54) is 0 Å². The van der Waals surface area contributed by atoms with Gasteiger partial charge in [0.2, 0.25) is 5.91 Å². The van der Waals surface area contributed by atoms with Gasteiger partial charge >= 0.3 is 0 Å². The van der Waals surface area contributed by atoms with E-state index in [9.17, 15) is 4.79 Å². The molecular weight excluding hydrogens is 279 g/mol. The number of rotatable bonds is 1. The number of thiocarbonyl (C=S) groups is 1. The maximum Gasteiger partial charge on any atom is 0.228 e. The van der Waals surface area contributed by atoms with Crippen LogP contribution in [0.4, 0.5) is 5.69 Å². The number of nitrogens with one attached hydrogen (secondary N) is 1. The molecule has 1 fully saturated rings. The first kappa shape index (κ1) is 12.6. The van der Waals surface area contributed by atoms with Crippen LogP contribution < -0.4 is 10.2 Å². The number of hydrogen-bond acceptors (Lipinski definition) is 2. The zero-order valence-electron chi connectivity index (χ0n) is 9.04. The summed E-state index contributed by atoms with van der Waals surface area (Å²) in [6.07, 6.45) is 0.403. The van der Waals surface area contributed by atoms with E-state index in [-0.39, 0.29) is 11.9 Å². The summed E-state index contributed by atoms with van der Waals surface area (Å²) in [5.74, 6) is -0.0567. The second kappa shape index (κ2) is 4.80. The van der Waals surface area contributed by atoms with Gasteiger partial charge in [-0.3, -0.25) is 4.79 Å². The van der Waals surface area contributed by atoms with Crippen molar-refractivity contribution >= 4 is 52.1 Å². The Morgan fingerprint density at radius 3 is 2.71 bits per heavy atom. The summed E-state index contributed by atoms with van der Waals surface area (Å²) in [5.41, 5.74) is 0.830. The van der Waals surface area contributed by atoms with Crippen molar-refractivity contribution in [3.8, 4) is 0 Å². The van der Waals surface area contributed by atoms with Crippen molar-refractivity contribution in [1.29, 1.82) is 0 Å². The minimum Gasteiger partial charge on any atom is -0.315 e. The van der Waals surface area contributed by atoms with E-state index in [4.69, 9.17) is 35.4 Å². The molecule has 1 saturated heterocycles. The normalized spacial score (nSPS) is 20.4. The third-order valence-electron chi connectivity index (χ3n) is 2.57. The number of carbonyl (C=O) groups excluding carboxylic acids is 1. The van der Waals surface area contributed by atoms with Crippen LogP contribution in [0.25, 0.3) is 0 Å². The topological polar surface area (TPSA) is 32.3 Å². The summed E-state index contributed by atoms with van der Waals surface area (Å²) >= 11 is 17.0. The van der Waals surface area contributed by atoms with Gasteiger partial charge in [0.25, 0.3) is 0 Å². The van der Waals surface area contributed by atoms with Crippen molar-refractivity contribution in [3.05, 3.63) is 28.2 Å². The fourth-order valence-electron chi connectivity index (χ4n) is 1.80. The van der Waals surface area contributed by atoms with Gasteiger partial charge in [0.15, 0.2) is 5.11 Å². The van der Waals surface area contributed by atoms with Crippen LogP contribution in [-0.4, -0.2) is 17.1 Å². The van der Waals surface area contributed by atoms with E-state index < -0.39 is 0 Å². The smallest absolute Gasteiger partial charge is 0.228 e. The number of carbonyl (C=O) groups is 1. The summed E-state index contributed by atoms with van der Waals surface area (Å²) in [6.45, 7) is 1.94.